The Balaban J connectivity index is 2.35. The summed E-state index contributed by atoms with van der Waals surface area (Å²) in [5.74, 6) is -0.175. The normalized spacial score (nSPS) is 11.6. The van der Waals surface area contributed by atoms with Gasteiger partial charge in [0, 0.05) is 5.54 Å². The van der Waals surface area contributed by atoms with E-state index in [0.29, 0.717) is 0 Å². The van der Waals surface area contributed by atoms with Crippen LogP contribution in [0.25, 0.3) is 0 Å². The van der Waals surface area contributed by atoms with Gasteiger partial charge in [-0.3, -0.25) is 4.79 Å². The average molecular weight is 262 g/mol. The molecule has 1 N–H and O–H groups in total. The first-order valence-corrected chi connectivity index (χ1v) is 6.46. The molecule has 4 heteroatoms. The molecule has 0 unspecified atom stereocenters. The zero-order valence-corrected chi connectivity index (χ0v) is 12.1. The van der Waals surface area contributed by atoms with Crippen molar-refractivity contribution in [2.24, 2.45) is 5.16 Å². The van der Waals surface area contributed by atoms with Crippen molar-refractivity contribution >= 4 is 12.1 Å². The topological polar surface area (TPSA) is 50.7 Å². The molecule has 1 aromatic carbocycles. The quantitative estimate of drug-likeness (QED) is 0.655. The first-order chi connectivity index (χ1) is 8.90. The summed E-state index contributed by atoms with van der Waals surface area (Å²) in [7, 11) is 0. The summed E-state index contributed by atoms with van der Waals surface area (Å²) in [5.41, 5.74) is 1.98. The maximum absolute atomic E-state index is 11.4. The fourth-order valence-electron chi connectivity index (χ4n) is 1.49. The second-order valence-corrected chi connectivity index (χ2v) is 5.40. The highest BCUT2D eigenvalue weighted by molar-refractivity contribution is 5.80. The fourth-order valence-corrected chi connectivity index (χ4v) is 1.49. The van der Waals surface area contributed by atoms with Crippen molar-refractivity contribution in [3.05, 3.63) is 35.4 Å². The van der Waals surface area contributed by atoms with Crippen LogP contribution >= 0.6 is 0 Å². The molecule has 0 saturated heterocycles. The van der Waals surface area contributed by atoms with E-state index < -0.39 is 0 Å². The molecule has 19 heavy (non-hydrogen) atoms. The van der Waals surface area contributed by atoms with Gasteiger partial charge in [-0.1, -0.05) is 36.3 Å². The fraction of sp³-hybridized carbons (Fsp3) is 0.467. The zero-order chi connectivity index (χ0) is 14.3. The number of rotatable bonds is 5. The lowest BCUT2D eigenvalue weighted by atomic mass is 10.1. The maximum atomic E-state index is 11.4. The molecule has 1 amide bonds. The second-order valence-electron chi connectivity index (χ2n) is 5.40. The number of carbonyl (C=O) groups is 1. The monoisotopic (exact) mass is 262 g/mol. The predicted molar refractivity (Wildman–Crippen MR) is 77.3 cm³/mol. The van der Waals surface area contributed by atoms with Gasteiger partial charge in [-0.2, -0.15) is 0 Å². The van der Waals surface area contributed by atoms with Crippen LogP contribution in [-0.2, 0) is 16.1 Å². The van der Waals surface area contributed by atoms with E-state index >= 15 is 0 Å². The largest absolute Gasteiger partial charge is 0.386 e. The smallest absolute Gasteiger partial charge is 0.261 e. The molecule has 0 atom stereocenters. The van der Waals surface area contributed by atoms with Crippen LogP contribution in [0.2, 0.25) is 0 Å². The van der Waals surface area contributed by atoms with Gasteiger partial charge in [-0.15, -0.1) is 0 Å². The summed E-state index contributed by atoms with van der Waals surface area (Å²) in [6.45, 7) is 7.80. The van der Waals surface area contributed by atoms with Gasteiger partial charge in [0.1, 0.15) is 0 Å². The molecule has 0 aliphatic rings. The van der Waals surface area contributed by atoms with Gasteiger partial charge in [0.25, 0.3) is 5.91 Å². The van der Waals surface area contributed by atoms with Gasteiger partial charge in [-0.05, 0) is 38.3 Å². The number of benzene rings is 1. The minimum absolute atomic E-state index is 0.0686. The van der Waals surface area contributed by atoms with Gasteiger partial charge >= 0.3 is 0 Å². The van der Waals surface area contributed by atoms with Crippen LogP contribution < -0.4 is 5.32 Å². The molecular formula is C15H22N2O2. The SMILES string of the molecule is CCc1ccc(/C=N\OCC(=O)NC(C)(C)C)cc1. The van der Waals surface area contributed by atoms with Crippen LogP contribution in [0.15, 0.2) is 29.4 Å². The third kappa shape index (κ3) is 6.60. The van der Waals surface area contributed by atoms with Crippen molar-refractivity contribution in [3.8, 4) is 0 Å². The number of oxime groups is 1. The summed E-state index contributed by atoms with van der Waals surface area (Å²) in [6, 6.07) is 8.04. The summed E-state index contributed by atoms with van der Waals surface area (Å²) < 4.78 is 0. The number of amides is 1. The molecule has 1 rings (SSSR count). The highest BCUT2D eigenvalue weighted by Crippen LogP contribution is 2.03. The van der Waals surface area contributed by atoms with Gasteiger partial charge in [0.15, 0.2) is 6.61 Å². The Labute approximate surface area is 114 Å². The number of hydrogen-bond donors (Lipinski definition) is 1. The molecule has 1 aromatic rings. The summed E-state index contributed by atoms with van der Waals surface area (Å²) in [6.07, 6.45) is 2.62. The lowest BCUT2D eigenvalue weighted by molar-refractivity contribution is -0.127. The Kier molecular flexibility index (Phi) is 5.55. The van der Waals surface area contributed by atoms with Crippen LogP contribution in [0.5, 0.6) is 0 Å². The second kappa shape index (κ2) is 6.92. The van der Waals surface area contributed by atoms with E-state index in [0.717, 1.165) is 12.0 Å². The zero-order valence-electron chi connectivity index (χ0n) is 12.1. The Morgan fingerprint density at radius 2 is 1.95 bits per heavy atom. The molecule has 0 fully saturated rings. The van der Waals surface area contributed by atoms with Crippen molar-refractivity contribution in [2.45, 2.75) is 39.7 Å². The van der Waals surface area contributed by atoms with Crippen molar-refractivity contribution < 1.29 is 9.63 Å². The van der Waals surface area contributed by atoms with E-state index in [1.807, 2.05) is 45.0 Å². The van der Waals surface area contributed by atoms with E-state index in [4.69, 9.17) is 4.84 Å². The van der Waals surface area contributed by atoms with Crippen molar-refractivity contribution in [2.75, 3.05) is 6.61 Å². The molecule has 0 aliphatic carbocycles. The molecule has 104 valence electrons. The minimum atomic E-state index is -0.250. The number of aryl methyl sites for hydroxylation is 1. The van der Waals surface area contributed by atoms with E-state index in [-0.39, 0.29) is 18.1 Å². The van der Waals surface area contributed by atoms with Gasteiger partial charge in [-0.25, -0.2) is 0 Å². The average Bonchev–Trinajstić information content (AvgIpc) is 2.33. The molecule has 0 saturated carbocycles. The lowest BCUT2D eigenvalue weighted by Gasteiger charge is -2.19. The predicted octanol–water partition coefficient (Wildman–Crippen LogP) is 2.51. The molecule has 4 nitrogen and oxygen atoms in total. The van der Waals surface area contributed by atoms with Crippen LogP contribution in [0.4, 0.5) is 0 Å². The molecular weight excluding hydrogens is 240 g/mol. The van der Waals surface area contributed by atoms with Crippen LogP contribution in [0, 0.1) is 0 Å². The first kappa shape index (κ1) is 15.2. The summed E-state index contributed by atoms with van der Waals surface area (Å²) in [4.78, 5) is 16.4. The lowest BCUT2D eigenvalue weighted by Crippen LogP contribution is -2.42. The summed E-state index contributed by atoms with van der Waals surface area (Å²) >= 11 is 0. The number of nitrogens with zero attached hydrogens (tertiary/aromatic N) is 1. The number of nitrogens with one attached hydrogen (secondary N) is 1. The standard InChI is InChI=1S/C15H22N2O2/c1-5-12-6-8-13(9-7-12)10-16-19-11-14(18)17-15(2,3)4/h6-10H,5,11H2,1-4H3,(H,17,18)/b16-10-. The van der Waals surface area contributed by atoms with E-state index in [9.17, 15) is 4.79 Å². The molecule has 0 radical (unpaired) electrons. The Bertz CT molecular complexity index is 430. The molecule has 0 aliphatic heterocycles. The Morgan fingerprint density at radius 3 is 2.47 bits per heavy atom. The first-order valence-electron chi connectivity index (χ1n) is 6.46. The summed E-state index contributed by atoms with van der Waals surface area (Å²) in [5, 5.41) is 6.58. The highest BCUT2D eigenvalue weighted by Gasteiger charge is 2.13. The van der Waals surface area contributed by atoms with Crippen molar-refractivity contribution in [1.29, 1.82) is 0 Å². The van der Waals surface area contributed by atoms with Crippen LogP contribution in [0.3, 0.4) is 0 Å². The Hall–Kier alpha value is -1.84. The number of hydrogen-bond acceptors (Lipinski definition) is 3. The van der Waals surface area contributed by atoms with E-state index in [2.05, 4.69) is 17.4 Å². The van der Waals surface area contributed by atoms with Gasteiger partial charge in [0.2, 0.25) is 0 Å². The minimum Gasteiger partial charge on any atom is -0.386 e. The molecule has 0 aromatic heterocycles. The molecule has 0 bridgehead atoms. The molecule has 0 spiro atoms. The highest BCUT2D eigenvalue weighted by atomic mass is 16.6. The van der Waals surface area contributed by atoms with E-state index in [1.165, 1.54) is 5.56 Å². The maximum Gasteiger partial charge on any atom is 0.261 e. The van der Waals surface area contributed by atoms with E-state index in [1.54, 1.807) is 6.21 Å². The number of carbonyl (C=O) groups excluding carboxylic acids is 1. The Morgan fingerprint density at radius 1 is 1.32 bits per heavy atom. The van der Waals surface area contributed by atoms with Gasteiger partial charge < -0.3 is 10.2 Å². The van der Waals surface area contributed by atoms with Crippen LogP contribution in [0.1, 0.15) is 38.8 Å². The van der Waals surface area contributed by atoms with Gasteiger partial charge in [0.05, 0.1) is 6.21 Å². The van der Waals surface area contributed by atoms with Crippen molar-refractivity contribution in [3.63, 3.8) is 0 Å². The van der Waals surface area contributed by atoms with Crippen LogP contribution in [-0.4, -0.2) is 24.3 Å². The van der Waals surface area contributed by atoms with Crippen molar-refractivity contribution in [1.82, 2.24) is 5.32 Å². The third-order valence-electron chi connectivity index (χ3n) is 2.37. The third-order valence-corrected chi connectivity index (χ3v) is 2.37. The molecule has 0 heterocycles.